The van der Waals surface area contributed by atoms with E-state index in [1.165, 1.54) is 45.5 Å². The third kappa shape index (κ3) is 2.66. The van der Waals surface area contributed by atoms with E-state index in [-0.39, 0.29) is 0 Å². The second-order valence-electron chi connectivity index (χ2n) is 5.99. The average Bonchev–Trinajstić information content (AvgIpc) is 2.91. The first kappa shape index (κ1) is 14.2. The van der Waals surface area contributed by atoms with Crippen molar-refractivity contribution in [1.29, 1.82) is 0 Å². The fraction of sp³-hybridized carbons (Fsp3) is 0.333. The van der Waals surface area contributed by atoms with Crippen LogP contribution in [0, 0.1) is 5.92 Å². The highest BCUT2D eigenvalue weighted by molar-refractivity contribution is 7.98. The summed E-state index contributed by atoms with van der Waals surface area (Å²) in [4.78, 5) is 11.8. The molecule has 0 bridgehead atoms. The summed E-state index contributed by atoms with van der Waals surface area (Å²) in [6, 6.07) is 10.6. The molecule has 112 valence electrons. The Morgan fingerprint density at radius 3 is 2.95 bits per heavy atom. The van der Waals surface area contributed by atoms with Crippen LogP contribution in [0.1, 0.15) is 29.3 Å². The van der Waals surface area contributed by atoms with Crippen LogP contribution < -0.4 is 0 Å². The Balaban J connectivity index is 1.69. The van der Waals surface area contributed by atoms with Gasteiger partial charge >= 0.3 is 0 Å². The largest absolute Gasteiger partial charge is 0.229 e. The van der Waals surface area contributed by atoms with E-state index in [4.69, 9.17) is 0 Å². The van der Waals surface area contributed by atoms with Crippen LogP contribution in [-0.2, 0) is 18.6 Å². The third-order valence-electron chi connectivity index (χ3n) is 4.28. The molecule has 1 aromatic carbocycles. The van der Waals surface area contributed by atoms with E-state index in [9.17, 15) is 0 Å². The van der Waals surface area contributed by atoms with E-state index in [1.807, 2.05) is 23.1 Å². The molecular weight excluding hydrogens is 308 g/mol. The Morgan fingerprint density at radius 1 is 1.23 bits per heavy atom. The summed E-state index contributed by atoms with van der Waals surface area (Å²) in [6.45, 7) is 2.35. The normalized spacial score (nSPS) is 17.6. The van der Waals surface area contributed by atoms with E-state index >= 15 is 0 Å². The Hall–Kier alpha value is -1.39. The van der Waals surface area contributed by atoms with E-state index in [0.29, 0.717) is 0 Å². The second kappa shape index (κ2) is 6.01. The zero-order valence-electron chi connectivity index (χ0n) is 12.6. The molecule has 1 atom stereocenters. The SMILES string of the molecule is C[C@@H]1CCc2c(sc3ncnc(SCc4ccccc4)c23)C1. The molecule has 0 saturated carbocycles. The van der Waals surface area contributed by atoms with Gasteiger partial charge in [-0.1, -0.05) is 37.3 Å². The molecule has 4 heteroatoms. The van der Waals surface area contributed by atoms with Crippen LogP contribution in [0.25, 0.3) is 10.2 Å². The first-order valence-electron chi connectivity index (χ1n) is 7.73. The van der Waals surface area contributed by atoms with Gasteiger partial charge in [0.25, 0.3) is 0 Å². The standard InChI is InChI=1S/C18H18N2S2/c1-12-7-8-14-15(9-12)22-18-16(14)17(19-11-20-18)21-10-13-5-3-2-4-6-13/h2-6,11-12H,7-10H2,1H3/t12-/m1/s1. The second-order valence-corrected chi connectivity index (χ2v) is 8.03. The van der Waals surface area contributed by atoms with Gasteiger partial charge in [-0.15, -0.1) is 23.1 Å². The van der Waals surface area contributed by atoms with Crippen molar-refractivity contribution in [3.05, 3.63) is 52.7 Å². The van der Waals surface area contributed by atoms with Crippen LogP contribution in [0.5, 0.6) is 0 Å². The number of hydrogen-bond donors (Lipinski definition) is 0. The lowest BCUT2D eigenvalue weighted by Gasteiger charge is -2.18. The van der Waals surface area contributed by atoms with Gasteiger partial charge in [0.15, 0.2) is 0 Å². The Bertz CT molecular complexity index is 795. The zero-order valence-corrected chi connectivity index (χ0v) is 14.2. The average molecular weight is 326 g/mol. The van der Waals surface area contributed by atoms with Gasteiger partial charge in [0.05, 0.1) is 0 Å². The van der Waals surface area contributed by atoms with Crippen molar-refractivity contribution in [2.75, 3.05) is 0 Å². The fourth-order valence-corrected chi connectivity index (χ4v) is 5.48. The number of benzene rings is 1. The van der Waals surface area contributed by atoms with Crippen LogP contribution in [0.4, 0.5) is 0 Å². The Morgan fingerprint density at radius 2 is 2.09 bits per heavy atom. The lowest BCUT2D eigenvalue weighted by atomic mass is 9.89. The van der Waals surface area contributed by atoms with Gasteiger partial charge in [-0.05, 0) is 36.3 Å². The molecule has 22 heavy (non-hydrogen) atoms. The molecule has 3 aromatic rings. The van der Waals surface area contributed by atoms with Gasteiger partial charge in [-0.25, -0.2) is 9.97 Å². The topological polar surface area (TPSA) is 25.8 Å². The summed E-state index contributed by atoms with van der Waals surface area (Å²) in [6.07, 6.45) is 5.40. The molecule has 2 heterocycles. The van der Waals surface area contributed by atoms with E-state index < -0.39 is 0 Å². The van der Waals surface area contributed by atoms with Crippen LogP contribution in [-0.4, -0.2) is 9.97 Å². The van der Waals surface area contributed by atoms with Crippen molar-refractivity contribution >= 4 is 33.3 Å². The summed E-state index contributed by atoms with van der Waals surface area (Å²) in [5.41, 5.74) is 2.87. The molecule has 0 amide bonds. The number of aryl methyl sites for hydroxylation is 1. The zero-order chi connectivity index (χ0) is 14.9. The van der Waals surface area contributed by atoms with Gasteiger partial charge in [0, 0.05) is 16.0 Å². The van der Waals surface area contributed by atoms with Crippen molar-refractivity contribution in [1.82, 2.24) is 9.97 Å². The smallest absolute Gasteiger partial charge is 0.128 e. The molecular formula is C18H18N2S2. The number of thioether (sulfide) groups is 1. The molecule has 2 nitrogen and oxygen atoms in total. The summed E-state index contributed by atoms with van der Waals surface area (Å²) >= 11 is 3.71. The monoisotopic (exact) mass is 326 g/mol. The van der Waals surface area contributed by atoms with Crippen molar-refractivity contribution in [2.24, 2.45) is 5.92 Å². The highest BCUT2D eigenvalue weighted by Gasteiger charge is 2.23. The molecule has 0 aliphatic heterocycles. The van der Waals surface area contributed by atoms with Crippen LogP contribution in [0.3, 0.4) is 0 Å². The lowest BCUT2D eigenvalue weighted by molar-refractivity contribution is 0.509. The number of thiophene rings is 1. The van der Waals surface area contributed by atoms with Crippen molar-refractivity contribution in [3.8, 4) is 0 Å². The third-order valence-corrected chi connectivity index (χ3v) is 6.50. The summed E-state index contributed by atoms with van der Waals surface area (Å²) in [7, 11) is 0. The van der Waals surface area contributed by atoms with Crippen LogP contribution >= 0.6 is 23.1 Å². The molecule has 0 spiro atoms. The molecule has 0 N–H and O–H groups in total. The predicted molar refractivity (Wildman–Crippen MR) is 94.6 cm³/mol. The first-order valence-corrected chi connectivity index (χ1v) is 9.53. The van der Waals surface area contributed by atoms with Gasteiger partial charge in [0.2, 0.25) is 0 Å². The number of hydrogen-bond acceptors (Lipinski definition) is 4. The van der Waals surface area contributed by atoms with E-state index in [0.717, 1.165) is 16.7 Å². The summed E-state index contributed by atoms with van der Waals surface area (Å²) in [5, 5.41) is 2.48. The maximum absolute atomic E-state index is 4.58. The van der Waals surface area contributed by atoms with Crippen molar-refractivity contribution in [2.45, 2.75) is 37.0 Å². The van der Waals surface area contributed by atoms with Gasteiger partial charge < -0.3 is 0 Å². The highest BCUT2D eigenvalue weighted by Crippen LogP contribution is 2.40. The number of nitrogens with zero attached hydrogens (tertiary/aromatic N) is 2. The highest BCUT2D eigenvalue weighted by atomic mass is 32.2. The molecule has 4 rings (SSSR count). The maximum Gasteiger partial charge on any atom is 0.128 e. The summed E-state index contributed by atoms with van der Waals surface area (Å²) < 4.78 is 0. The first-order chi connectivity index (χ1) is 10.8. The molecule has 1 aliphatic carbocycles. The molecule has 2 aromatic heterocycles. The van der Waals surface area contributed by atoms with Crippen molar-refractivity contribution in [3.63, 3.8) is 0 Å². The van der Waals surface area contributed by atoms with Gasteiger partial charge in [-0.3, -0.25) is 0 Å². The maximum atomic E-state index is 4.58. The van der Waals surface area contributed by atoms with Gasteiger partial charge in [0.1, 0.15) is 16.2 Å². The van der Waals surface area contributed by atoms with Crippen molar-refractivity contribution < 1.29 is 0 Å². The molecule has 0 radical (unpaired) electrons. The molecule has 0 saturated heterocycles. The van der Waals surface area contributed by atoms with Crippen LogP contribution in [0.15, 0.2) is 41.7 Å². The minimum atomic E-state index is 0.800. The minimum absolute atomic E-state index is 0.800. The van der Waals surface area contributed by atoms with Gasteiger partial charge in [-0.2, -0.15) is 0 Å². The Labute approximate surface area is 139 Å². The van der Waals surface area contributed by atoms with E-state index in [2.05, 4.69) is 47.2 Å². The number of rotatable bonds is 3. The predicted octanol–water partition coefficient (Wildman–Crippen LogP) is 5.11. The molecule has 1 aliphatic rings. The van der Waals surface area contributed by atoms with Crippen LogP contribution in [0.2, 0.25) is 0 Å². The quantitative estimate of drug-likeness (QED) is 0.494. The minimum Gasteiger partial charge on any atom is -0.229 e. The summed E-state index contributed by atoms with van der Waals surface area (Å²) in [5.74, 6) is 1.77. The Kier molecular flexibility index (Phi) is 3.89. The number of fused-ring (bicyclic) bond motifs is 3. The fourth-order valence-electron chi connectivity index (χ4n) is 3.08. The lowest BCUT2D eigenvalue weighted by Crippen LogP contribution is -2.08. The molecule has 0 fully saturated rings. The number of aromatic nitrogens is 2. The van der Waals surface area contributed by atoms with E-state index in [1.54, 1.807) is 6.33 Å². The molecule has 0 unspecified atom stereocenters.